The van der Waals surface area contributed by atoms with Crippen LogP contribution in [0.4, 0.5) is 0 Å². The van der Waals surface area contributed by atoms with Gasteiger partial charge in [0, 0.05) is 31.6 Å². The smallest absolute Gasteiger partial charge is 0.303 e. The molecule has 5 heteroatoms. The molecule has 0 amide bonds. The molecule has 1 N–H and O–H groups in total. The molecule has 29 heavy (non-hydrogen) atoms. The lowest BCUT2D eigenvalue weighted by molar-refractivity contribution is -0.170. The van der Waals surface area contributed by atoms with Gasteiger partial charge in [0.25, 0.3) is 0 Å². The maximum absolute atomic E-state index is 12.4. The Kier molecular flexibility index (Phi) is 11.2. The highest BCUT2D eigenvalue weighted by Crippen LogP contribution is 2.40. The molecule has 2 aliphatic rings. The van der Waals surface area contributed by atoms with Crippen molar-refractivity contribution in [3.05, 3.63) is 0 Å². The zero-order valence-electron chi connectivity index (χ0n) is 18.5. The van der Waals surface area contributed by atoms with E-state index in [4.69, 9.17) is 14.6 Å². The molecule has 0 aromatic carbocycles. The van der Waals surface area contributed by atoms with E-state index in [0.29, 0.717) is 24.9 Å². The van der Waals surface area contributed by atoms with Crippen LogP contribution in [0.5, 0.6) is 0 Å². The average molecular weight is 411 g/mol. The zero-order chi connectivity index (χ0) is 21.0. The molecule has 168 valence electrons. The number of carboxylic acid groups (broad SMARTS) is 1. The predicted molar refractivity (Wildman–Crippen MR) is 114 cm³/mol. The van der Waals surface area contributed by atoms with Crippen molar-refractivity contribution >= 4 is 11.8 Å². The number of rotatable bonds is 16. The summed E-state index contributed by atoms with van der Waals surface area (Å²) in [7, 11) is 0. The highest BCUT2D eigenvalue weighted by Gasteiger charge is 2.39. The van der Waals surface area contributed by atoms with Crippen molar-refractivity contribution in [3.8, 4) is 0 Å². The molecule has 0 bridgehead atoms. The van der Waals surface area contributed by atoms with Gasteiger partial charge in [-0.3, -0.25) is 9.59 Å². The summed E-state index contributed by atoms with van der Waals surface area (Å²) in [6.45, 7) is 3.62. The fraction of sp³-hybridized carbons (Fsp3) is 0.917. The second-order valence-electron chi connectivity index (χ2n) is 9.03. The van der Waals surface area contributed by atoms with Gasteiger partial charge in [0.1, 0.15) is 5.78 Å². The Hall–Kier alpha value is -0.940. The van der Waals surface area contributed by atoms with Crippen molar-refractivity contribution in [2.75, 3.05) is 13.2 Å². The molecule has 1 aliphatic heterocycles. The van der Waals surface area contributed by atoms with E-state index in [2.05, 4.69) is 6.92 Å². The molecule has 1 aliphatic carbocycles. The molecule has 1 heterocycles. The molecule has 0 aromatic rings. The van der Waals surface area contributed by atoms with Crippen LogP contribution in [-0.2, 0) is 19.1 Å². The monoisotopic (exact) mass is 410 g/mol. The van der Waals surface area contributed by atoms with Crippen LogP contribution in [0.25, 0.3) is 0 Å². The van der Waals surface area contributed by atoms with Crippen LogP contribution in [-0.4, -0.2) is 35.9 Å². The van der Waals surface area contributed by atoms with E-state index in [1.54, 1.807) is 0 Å². The van der Waals surface area contributed by atoms with E-state index < -0.39 is 11.8 Å². The number of Topliss-reactive ketones (excluding diaryl/α,β-unsaturated/α-hetero) is 1. The Balaban J connectivity index is 1.71. The number of hydrogen-bond acceptors (Lipinski definition) is 4. The van der Waals surface area contributed by atoms with Gasteiger partial charge in [-0.05, 0) is 38.0 Å². The third kappa shape index (κ3) is 8.75. The fourth-order valence-corrected chi connectivity index (χ4v) is 5.03. The third-order valence-electron chi connectivity index (χ3n) is 6.77. The van der Waals surface area contributed by atoms with Crippen LogP contribution in [0.15, 0.2) is 0 Å². The van der Waals surface area contributed by atoms with Crippen molar-refractivity contribution in [2.45, 2.75) is 115 Å². The summed E-state index contributed by atoms with van der Waals surface area (Å²) in [5.41, 5.74) is 0. The molecule has 2 fully saturated rings. The van der Waals surface area contributed by atoms with Crippen molar-refractivity contribution < 1.29 is 24.2 Å². The summed E-state index contributed by atoms with van der Waals surface area (Å²) in [5.74, 6) is -0.0305. The van der Waals surface area contributed by atoms with E-state index in [-0.39, 0.29) is 12.3 Å². The van der Waals surface area contributed by atoms with Crippen LogP contribution >= 0.6 is 0 Å². The SMILES string of the molecule is CCCCCCCC1(CCC2CCC(=O)C2CCCCCCC(=O)O)OCCO1. The number of unbranched alkanes of at least 4 members (excludes halogenated alkanes) is 7. The standard InChI is InChI=1S/C24H42O5/c1-2-3-4-7-10-16-24(28-18-19-29-24)17-15-20-13-14-22(25)21(20)11-8-5-6-9-12-23(26)27/h20-21H,2-19H2,1H3,(H,26,27). The van der Waals surface area contributed by atoms with Gasteiger partial charge in [-0.2, -0.15) is 0 Å². The van der Waals surface area contributed by atoms with Gasteiger partial charge in [0.05, 0.1) is 13.2 Å². The second-order valence-corrected chi connectivity index (χ2v) is 9.03. The fourth-order valence-electron chi connectivity index (χ4n) is 5.03. The zero-order valence-corrected chi connectivity index (χ0v) is 18.5. The summed E-state index contributed by atoms with van der Waals surface area (Å²) in [5, 5.41) is 8.71. The lowest BCUT2D eigenvalue weighted by Crippen LogP contribution is -2.31. The second kappa shape index (κ2) is 13.4. The lowest BCUT2D eigenvalue weighted by atomic mass is 9.85. The molecule has 1 saturated carbocycles. The Labute approximate surface area is 176 Å². The van der Waals surface area contributed by atoms with Crippen molar-refractivity contribution in [1.29, 1.82) is 0 Å². The van der Waals surface area contributed by atoms with E-state index in [9.17, 15) is 9.59 Å². The first-order chi connectivity index (χ1) is 14.1. The minimum Gasteiger partial charge on any atom is -0.481 e. The van der Waals surface area contributed by atoms with Gasteiger partial charge in [0.15, 0.2) is 5.79 Å². The van der Waals surface area contributed by atoms with Crippen LogP contribution in [0.3, 0.4) is 0 Å². The molecule has 2 unspecified atom stereocenters. The summed E-state index contributed by atoms with van der Waals surface area (Å²) in [6, 6.07) is 0. The first-order valence-electron chi connectivity index (χ1n) is 12.1. The van der Waals surface area contributed by atoms with E-state index in [1.807, 2.05) is 0 Å². The lowest BCUT2D eigenvalue weighted by Gasteiger charge is -2.30. The highest BCUT2D eigenvalue weighted by molar-refractivity contribution is 5.83. The maximum Gasteiger partial charge on any atom is 0.303 e. The average Bonchev–Trinajstić information content (AvgIpc) is 3.30. The molecule has 2 atom stereocenters. The van der Waals surface area contributed by atoms with E-state index in [0.717, 1.165) is 70.6 Å². The molecule has 2 rings (SSSR count). The van der Waals surface area contributed by atoms with Crippen molar-refractivity contribution in [2.24, 2.45) is 11.8 Å². The Bertz CT molecular complexity index is 484. The Morgan fingerprint density at radius 2 is 1.66 bits per heavy atom. The third-order valence-corrected chi connectivity index (χ3v) is 6.77. The largest absolute Gasteiger partial charge is 0.481 e. The summed E-state index contributed by atoms with van der Waals surface area (Å²) >= 11 is 0. The topological polar surface area (TPSA) is 72.8 Å². The van der Waals surface area contributed by atoms with Crippen LogP contribution in [0.2, 0.25) is 0 Å². The number of ether oxygens (including phenoxy) is 2. The first kappa shape index (κ1) is 24.3. The predicted octanol–water partition coefficient (Wildman–Crippen LogP) is 5.89. The minimum absolute atomic E-state index is 0.192. The van der Waals surface area contributed by atoms with Gasteiger partial charge in [-0.15, -0.1) is 0 Å². The van der Waals surface area contributed by atoms with Crippen molar-refractivity contribution in [3.63, 3.8) is 0 Å². The summed E-state index contributed by atoms with van der Waals surface area (Å²) in [4.78, 5) is 23.0. The molecular formula is C24H42O5. The number of carboxylic acids is 1. The molecular weight excluding hydrogens is 368 g/mol. The Morgan fingerprint density at radius 1 is 0.966 bits per heavy atom. The van der Waals surface area contributed by atoms with Gasteiger partial charge in [0.2, 0.25) is 0 Å². The van der Waals surface area contributed by atoms with Gasteiger partial charge >= 0.3 is 5.97 Å². The molecule has 0 spiro atoms. The number of aliphatic carboxylic acids is 1. The number of ketones is 1. The number of carbonyl (C=O) groups excluding carboxylic acids is 1. The molecule has 1 saturated heterocycles. The normalized spacial score (nSPS) is 23.7. The number of carbonyl (C=O) groups is 2. The van der Waals surface area contributed by atoms with E-state index in [1.165, 1.54) is 25.7 Å². The van der Waals surface area contributed by atoms with Crippen LogP contribution < -0.4 is 0 Å². The highest BCUT2D eigenvalue weighted by atomic mass is 16.7. The number of hydrogen-bond donors (Lipinski definition) is 1. The quantitative estimate of drug-likeness (QED) is 0.321. The Morgan fingerprint density at radius 3 is 2.38 bits per heavy atom. The molecule has 0 radical (unpaired) electrons. The molecule has 5 nitrogen and oxygen atoms in total. The summed E-state index contributed by atoms with van der Waals surface area (Å²) in [6.07, 6.45) is 15.8. The summed E-state index contributed by atoms with van der Waals surface area (Å²) < 4.78 is 12.1. The van der Waals surface area contributed by atoms with Crippen LogP contribution in [0.1, 0.15) is 110 Å². The first-order valence-corrected chi connectivity index (χ1v) is 12.1. The maximum atomic E-state index is 12.4. The molecule has 0 aromatic heterocycles. The van der Waals surface area contributed by atoms with E-state index >= 15 is 0 Å². The van der Waals surface area contributed by atoms with Gasteiger partial charge in [-0.1, -0.05) is 51.9 Å². The van der Waals surface area contributed by atoms with Crippen molar-refractivity contribution in [1.82, 2.24) is 0 Å². The van der Waals surface area contributed by atoms with Gasteiger partial charge < -0.3 is 14.6 Å². The minimum atomic E-state index is -0.716. The van der Waals surface area contributed by atoms with Gasteiger partial charge in [-0.25, -0.2) is 0 Å². The van der Waals surface area contributed by atoms with Crippen LogP contribution in [0, 0.1) is 11.8 Å².